The van der Waals surface area contributed by atoms with Crippen molar-refractivity contribution in [3.63, 3.8) is 0 Å². The molecule has 0 amide bonds. The van der Waals surface area contributed by atoms with Gasteiger partial charge in [-0.25, -0.2) is 4.98 Å². The normalized spacial score (nSPS) is 13.7. The van der Waals surface area contributed by atoms with E-state index in [0.717, 1.165) is 35.7 Å². The van der Waals surface area contributed by atoms with Crippen molar-refractivity contribution in [1.29, 1.82) is 0 Å². The summed E-state index contributed by atoms with van der Waals surface area (Å²) in [6.07, 6.45) is 4.40. The molecule has 0 spiro atoms. The van der Waals surface area contributed by atoms with Crippen LogP contribution in [0.2, 0.25) is 10.0 Å². The van der Waals surface area contributed by atoms with Crippen molar-refractivity contribution in [2.24, 2.45) is 0 Å². The van der Waals surface area contributed by atoms with Gasteiger partial charge in [-0.2, -0.15) is 11.8 Å². The van der Waals surface area contributed by atoms with Crippen LogP contribution in [0.1, 0.15) is 29.1 Å². The van der Waals surface area contributed by atoms with E-state index in [1.165, 1.54) is 17.0 Å². The summed E-state index contributed by atoms with van der Waals surface area (Å²) in [7, 11) is 0. The molecule has 0 aliphatic heterocycles. The molecule has 1 aliphatic rings. The Kier molecular flexibility index (Phi) is 5.97. The van der Waals surface area contributed by atoms with E-state index in [1.807, 2.05) is 0 Å². The number of ether oxygens (including phenoxy) is 1. The fraction of sp³-hybridized carbons (Fsp3) is 0.368. The summed E-state index contributed by atoms with van der Waals surface area (Å²) in [5, 5.41) is 1.02. The third kappa shape index (κ3) is 4.14. The van der Waals surface area contributed by atoms with Crippen molar-refractivity contribution in [2.75, 3.05) is 12.4 Å². The van der Waals surface area contributed by atoms with Crippen LogP contribution >= 0.6 is 46.3 Å². The molecule has 0 N–H and O–H groups in total. The molecule has 3 aromatic rings. The molecule has 0 saturated heterocycles. The molecule has 1 aliphatic carbocycles. The first-order valence-corrected chi connectivity index (χ1v) is 11.5. The second kappa shape index (κ2) is 8.43. The van der Waals surface area contributed by atoms with Crippen LogP contribution in [-0.4, -0.2) is 21.7 Å². The lowest BCUT2D eigenvalue weighted by atomic mass is 10.0. The molecule has 0 fully saturated rings. The molecule has 2 heterocycles. The minimum Gasteiger partial charge on any atom is -0.490 e. The van der Waals surface area contributed by atoms with Crippen LogP contribution < -0.4 is 10.3 Å². The van der Waals surface area contributed by atoms with Gasteiger partial charge >= 0.3 is 0 Å². The fourth-order valence-corrected chi connectivity index (χ4v) is 5.66. The number of nitrogens with zero attached hydrogens (tertiary/aromatic N) is 2. The average molecular weight is 441 g/mol. The number of hydrogen-bond acceptors (Lipinski definition) is 5. The summed E-state index contributed by atoms with van der Waals surface area (Å²) in [5.74, 6) is 1.95. The van der Waals surface area contributed by atoms with Gasteiger partial charge in [0.15, 0.2) is 10.7 Å². The average Bonchev–Trinajstić information content (AvgIpc) is 3.02. The van der Waals surface area contributed by atoms with Gasteiger partial charge < -0.3 is 4.74 Å². The highest BCUT2D eigenvalue weighted by molar-refractivity contribution is 7.98. The van der Waals surface area contributed by atoms with Crippen molar-refractivity contribution in [3.05, 3.63) is 60.9 Å². The number of aryl methyl sites for hydroxylation is 2. The Hall–Kier alpha value is -1.21. The second-order valence-electron chi connectivity index (χ2n) is 6.33. The van der Waals surface area contributed by atoms with Crippen molar-refractivity contribution < 1.29 is 4.74 Å². The summed E-state index contributed by atoms with van der Waals surface area (Å²) in [5.41, 5.74) is 2.02. The largest absolute Gasteiger partial charge is 0.490 e. The topological polar surface area (TPSA) is 43.6 Å². The molecule has 0 saturated carbocycles. The molecule has 0 atom stereocenters. The predicted octanol–water partition coefficient (Wildman–Crippen LogP) is 5.25. The van der Waals surface area contributed by atoms with Gasteiger partial charge in [0.25, 0.3) is 5.56 Å². The van der Waals surface area contributed by atoms with Crippen molar-refractivity contribution in [3.8, 4) is 5.75 Å². The number of benzene rings is 1. The smallest absolute Gasteiger partial charge is 0.259 e. The SMILES string of the molecule is O=c1cc(CSCCOc2c(Cl)cccc2Cl)nc2sc3c(n12)CCCC3. The lowest BCUT2D eigenvalue weighted by Gasteiger charge is -2.10. The van der Waals surface area contributed by atoms with Gasteiger partial charge in [0.05, 0.1) is 22.3 Å². The number of para-hydroxylation sites is 1. The molecule has 4 rings (SSSR count). The van der Waals surface area contributed by atoms with E-state index < -0.39 is 0 Å². The van der Waals surface area contributed by atoms with Crippen LogP contribution in [-0.2, 0) is 18.6 Å². The number of halogens is 2. The number of rotatable bonds is 6. The zero-order valence-corrected chi connectivity index (χ0v) is 17.7. The maximum absolute atomic E-state index is 12.5. The van der Waals surface area contributed by atoms with Gasteiger partial charge in [-0.05, 0) is 37.8 Å². The Labute approximate surface area is 175 Å². The standard InChI is InChI=1S/C19H18Cl2N2O2S2/c20-13-4-3-5-14(21)18(13)25-8-9-26-11-12-10-17(24)23-15-6-1-2-7-16(15)27-19(23)22-12/h3-5,10H,1-2,6-9,11H2. The maximum Gasteiger partial charge on any atom is 0.259 e. The number of thioether (sulfide) groups is 1. The fourth-order valence-electron chi connectivity index (χ4n) is 3.22. The summed E-state index contributed by atoms with van der Waals surface area (Å²) in [4.78, 5) is 19.4. The minimum absolute atomic E-state index is 0.0362. The monoisotopic (exact) mass is 440 g/mol. The molecule has 142 valence electrons. The van der Waals surface area contributed by atoms with Crippen LogP contribution in [0.4, 0.5) is 0 Å². The van der Waals surface area contributed by atoms with Crippen molar-refractivity contribution >= 4 is 51.3 Å². The van der Waals surface area contributed by atoms with Crippen LogP contribution in [0, 0.1) is 0 Å². The summed E-state index contributed by atoms with van der Waals surface area (Å²) < 4.78 is 7.49. The zero-order chi connectivity index (χ0) is 18.8. The van der Waals surface area contributed by atoms with Crippen LogP contribution in [0.15, 0.2) is 29.1 Å². The Balaban J connectivity index is 1.37. The van der Waals surface area contributed by atoms with Crippen LogP contribution in [0.3, 0.4) is 0 Å². The van der Waals surface area contributed by atoms with E-state index in [9.17, 15) is 4.79 Å². The van der Waals surface area contributed by atoms with E-state index in [4.69, 9.17) is 32.9 Å². The van der Waals surface area contributed by atoms with Crippen molar-refractivity contribution in [1.82, 2.24) is 9.38 Å². The molecule has 0 bridgehead atoms. The van der Waals surface area contributed by atoms with E-state index in [0.29, 0.717) is 28.2 Å². The Morgan fingerprint density at radius 2 is 2.00 bits per heavy atom. The number of hydrogen-bond donors (Lipinski definition) is 0. The third-order valence-electron chi connectivity index (χ3n) is 4.46. The predicted molar refractivity (Wildman–Crippen MR) is 114 cm³/mol. The van der Waals surface area contributed by atoms with Gasteiger partial charge in [-0.15, -0.1) is 11.3 Å². The quantitative estimate of drug-likeness (QED) is 0.490. The number of thiazole rings is 1. The van der Waals surface area contributed by atoms with Gasteiger partial charge in [0, 0.05) is 28.1 Å². The van der Waals surface area contributed by atoms with Gasteiger partial charge in [-0.3, -0.25) is 9.20 Å². The van der Waals surface area contributed by atoms with E-state index >= 15 is 0 Å². The lowest BCUT2D eigenvalue weighted by Crippen LogP contribution is -2.17. The molecule has 27 heavy (non-hydrogen) atoms. The highest BCUT2D eigenvalue weighted by Gasteiger charge is 2.18. The third-order valence-corrected chi connectivity index (χ3v) is 7.15. The van der Waals surface area contributed by atoms with Gasteiger partial charge in [0.2, 0.25) is 0 Å². The first-order valence-electron chi connectivity index (χ1n) is 8.81. The van der Waals surface area contributed by atoms with Crippen LogP contribution in [0.25, 0.3) is 4.96 Å². The first-order chi connectivity index (χ1) is 13.1. The lowest BCUT2D eigenvalue weighted by molar-refractivity contribution is 0.344. The van der Waals surface area contributed by atoms with E-state index in [1.54, 1.807) is 51.8 Å². The molecular weight excluding hydrogens is 423 g/mol. The van der Waals surface area contributed by atoms with Crippen LogP contribution in [0.5, 0.6) is 5.75 Å². The van der Waals surface area contributed by atoms with E-state index in [-0.39, 0.29) is 5.56 Å². The molecular formula is C19H18Cl2N2O2S2. The Bertz CT molecular complexity index is 1010. The summed E-state index contributed by atoms with van der Waals surface area (Å²) >= 11 is 15.5. The molecule has 1 aromatic carbocycles. The Morgan fingerprint density at radius 1 is 1.22 bits per heavy atom. The van der Waals surface area contributed by atoms with E-state index in [2.05, 4.69) is 0 Å². The maximum atomic E-state index is 12.5. The molecule has 8 heteroatoms. The summed E-state index contributed by atoms with van der Waals surface area (Å²) in [6.45, 7) is 0.489. The molecule has 4 nitrogen and oxygen atoms in total. The highest BCUT2D eigenvalue weighted by atomic mass is 35.5. The first kappa shape index (κ1) is 19.1. The highest BCUT2D eigenvalue weighted by Crippen LogP contribution is 2.32. The molecule has 2 aromatic heterocycles. The summed E-state index contributed by atoms with van der Waals surface area (Å²) in [6, 6.07) is 6.95. The van der Waals surface area contributed by atoms with Gasteiger partial charge in [0.1, 0.15) is 0 Å². The molecule has 0 unspecified atom stereocenters. The second-order valence-corrected chi connectivity index (χ2v) is 9.32. The number of fused-ring (bicyclic) bond motifs is 3. The Morgan fingerprint density at radius 3 is 2.81 bits per heavy atom. The van der Waals surface area contributed by atoms with Gasteiger partial charge in [-0.1, -0.05) is 29.3 Å². The number of aromatic nitrogens is 2. The van der Waals surface area contributed by atoms with Crippen molar-refractivity contribution in [2.45, 2.75) is 31.4 Å². The zero-order valence-electron chi connectivity index (χ0n) is 14.5. The molecule has 0 radical (unpaired) electrons. The minimum atomic E-state index is 0.0362.